The average Bonchev–Trinajstić information content (AvgIpc) is 3.06. The van der Waals surface area contributed by atoms with Gasteiger partial charge in [0.2, 0.25) is 10.0 Å². The first-order valence-corrected chi connectivity index (χ1v) is 8.96. The van der Waals surface area contributed by atoms with Gasteiger partial charge in [-0.15, -0.1) is 11.3 Å². The van der Waals surface area contributed by atoms with Crippen molar-refractivity contribution in [2.24, 2.45) is 0 Å². The Morgan fingerprint density at radius 2 is 2.24 bits per heavy atom. The predicted octanol–water partition coefficient (Wildman–Crippen LogP) is 1.36. The van der Waals surface area contributed by atoms with E-state index in [9.17, 15) is 8.42 Å². The van der Waals surface area contributed by atoms with Crippen LogP contribution in [-0.2, 0) is 23.0 Å². The van der Waals surface area contributed by atoms with Crippen molar-refractivity contribution in [3.05, 3.63) is 33.8 Å². The van der Waals surface area contributed by atoms with Crippen LogP contribution in [-0.4, -0.2) is 43.6 Å². The van der Waals surface area contributed by atoms with Gasteiger partial charge in [0, 0.05) is 25.0 Å². The molecule has 0 aromatic carbocycles. The zero-order valence-corrected chi connectivity index (χ0v) is 14.0. The van der Waals surface area contributed by atoms with Crippen molar-refractivity contribution in [2.45, 2.75) is 24.8 Å². The van der Waals surface area contributed by atoms with Crippen molar-refractivity contribution >= 4 is 21.4 Å². The van der Waals surface area contributed by atoms with E-state index in [1.165, 1.54) is 9.18 Å². The number of aromatic amines is 1. The maximum absolute atomic E-state index is 12.7. The van der Waals surface area contributed by atoms with Crippen LogP contribution in [0.1, 0.15) is 16.3 Å². The summed E-state index contributed by atoms with van der Waals surface area (Å²) in [6.07, 6.45) is 0.714. The van der Waals surface area contributed by atoms with E-state index in [1.54, 1.807) is 32.4 Å². The van der Waals surface area contributed by atoms with Crippen LogP contribution in [0.3, 0.4) is 0 Å². The molecule has 2 aromatic rings. The van der Waals surface area contributed by atoms with Crippen LogP contribution in [0.2, 0.25) is 0 Å². The van der Waals surface area contributed by atoms with Crippen molar-refractivity contribution in [1.82, 2.24) is 19.8 Å². The highest BCUT2D eigenvalue weighted by molar-refractivity contribution is 7.89. The van der Waals surface area contributed by atoms with Crippen molar-refractivity contribution in [1.29, 1.82) is 0 Å². The Morgan fingerprint density at radius 3 is 2.86 bits per heavy atom. The van der Waals surface area contributed by atoms with Gasteiger partial charge in [0.1, 0.15) is 4.90 Å². The summed E-state index contributed by atoms with van der Waals surface area (Å²) in [5, 5.41) is 11.8. The zero-order chi connectivity index (χ0) is 15.5. The summed E-state index contributed by atoms with van der Waals surface area (Å²) < 4.78 is 26.8. The van der Waals surface area contributed by atoms with Crippen LogP contribution in [0, 0.1) is 6.92 Å². The van der Waals surface area contributed by atoms with E-state index in [-0.39, 0.29) is 4.90 Å². The quantitative estimate of drug-likeness (QED) is 0.804. The van der Waals surface area contributed by atoms with Crippen LogP contribution in [0.25, 0.3) is 0 Å². The van der Waals surface area contributed by atoms with Crippen LogP contribution in [0.5, 0.6) is 0 Å². The summed E-state index contributed by atoms with van der Waals surface area (Å²) in [6.45, 7) is 2.59. The summed E-state index contributed by atoms with van der Waals surface area (Å²) in [6, 6.07) is 3.99. The minimum Gasteiger partial charge on any atom is -0.314 e. The van der Waals surface area contributed by atoms with Crippen molar-refractivity contribution in [2.75, 3.05) is 20.6 Å². The van der Waals surface area contributed by atoms with Gasteiger partial charge in [-0.05, 0) is 31.8 Å². The molecule has 0 fully saturated rings. The topological polar surface area (TPSA) is 78.1 Å². The lowest BCUT2D eigenvalue weighted by molar-refractivity contribution is 0.472. The molecule has 0 atom stereocenters. The number of aryl methyl sites for hydroxylation is 1. The molecule has 6 nitrogen and oxygen atoms in total. The van der Waals surface area contributed by atoms with Gasteiger partial charge in [-0.2, -0.15) is 5.10 Å². The number of rotatable bonds is 7. The first-order chi connectivity index (χ1) is 9.96. The molecule has 2 rings (SSSR count). The molecule has 0 amide bonds. The maximum Gasteiger partial charge on any atom is 0.246 e. The van der Waals surface area contributed by atoms with E-state index in [4.69, 9.17) is 0 Å². The van der Waals surface area contributed by atoms with E-state index < -0.39 is 10.0 Å². The second-order valence-electron chi connectivity index (χ2n) is 4.81. The molecule has 2 N–H and O–H groups in total. The average molecular weight is 328 g/mol. The highest BCUT2D eigenvalue weighted by atomic mass is 32.2. The molecule has 0 bridgehead atoms. The minimum absolute atomic E-state index is 0.283. The first-order valence-electron chi connectivity index (χ1n) is 6.64. The summed E-state index contributed by atoms with van der Waals surface area (Å²) in [5.74, 6) is 0. The molecule has 0 aliphatic heterocycles. The standard InChI is InChI=1S/C13H20N4O2S2/c1-10-13(12(9-14-2)16-15-10)21(18,19)17(3)7-6-11-5-4-8-20-11/h4-5,8,14H,6-7,9H2,1-3H3,(H,15,16). The maximum atomic E-state index is 12.7. The van der Waals surface area contributed by atoms with Gasteiger partial charge in [-0.3, -0.25) is 5.10 Å². The monoisotopic (exact) mass is 328 g/mol. The molecule has 0 radical (unpaired) electrons. The van der Waals surface area contributed by atoms with E-state index in [2.05, 4.69) is 15.5 Å². The number of sulfonamides is 1. The third-order valence-electron chi connectivity index (χ3n) is 3.23. The Bertz CT molecular complexity index is 677. The molecule has 0 aliphatic rings. The van der Waals surface area contributed by atoms with Crippen molar-refractivity contribution in [3.8, 4) is 0 Å². The fourth-order valence-electron chi connectivity index (χ4n) is 2.10. The van der Waals surface area contributed by atoms with E-state index >= 15 is 0 Å². The molecule has 0 unspecified atom stereocenters. The summed E-state index contributed by atoms with van der Waals surface area (Å²) in [4.78, 5) is 1.46. The number of H-pyrrole nitrogens is 1. The third-order valence-corrected chi connectivity index (χ3v) is 6.22. The van der Waals surface area contributed by atoms with E-state index in [0.29, 0.717) is 30.9 Å². The van der Waals surface area contributed by atoms with E-state index in [1.807, 2.05) is 17.5 Å². The molecule has 2 aromatic heterocycles. The Labute approximate surface area is 129 Å². The Morgan fingerprint density at radius 1 is 1.48 bits per heavy atom. The second kappa shape index (κ2) is 6.69. The van der Waals surface area contributed by atoms with Crippen LogP contribution in [0.4, 0.5) is 0 Å². The van der Waals surface area contributed by atoms with Crippen molar-refractivity contribution in [3.63, 3.8) is 0 Å². The smallest absolute Gasteiger partial charge is 0.246 e. The van der Waals surface area contributed by atoms with Crippen LogP contribution < -0.4 is 5.32 Å². The minimum atomic E-state index is -3.53. The van der Waals surface area contributed by atoms with Crippen molar-refractivity contribution < 1.29 is 8.42 Å². The highest BCUT2D eigenvalue weighted by Gasteiger charge is 2.28. The van der Waals surface area contributed by atoms with Gasteiger partial charge in [0.25, 0.3) is 0 Å². The Kier molecular flexibility index (Phi) is 5.15. The number of nitrogens with zero attached hydrogens (tertiary/aromatic N) is 2. The molecule has 0 aliphatic carbocycles. The third kappa shape index (κ3) is 3.52. The lowest BCUT2D eigenvalue weighted by Gasteiger charge is -2.17. The number of aromatic nitrogens is 2. The van der Waals surface area contributed by atoms with Gasteiger partial charge in [0.05, 0.1) is 11.4 Å². The summed E-state index contributed by atoms with van der Waals surface area (Å²) in [7, 11) is -0.154. The lowest BCUT2D eigenvalue weighted by Crippen LogP contribution is -2.30. The van der Waals surface area contributed by atoms with E-state index in [0.717, 1.165) is 0 Å². The largest absolute Gasteiger partial charge is 0.314 e. The number of hydrogen-bond acceptors (Lipinski definition) is 5. The summed E-state index contributed by atoms with van der Waals surface area (Å²) >= 11 is 1.64. The molecular formula is C13H20N4O2S2. The van der Waals surface area contributed by atoms with Gasteiger partial charge < -0.3 is 5.32 Å². The van der Waals surface area contributed by atoms with Crippen LogP contribution in [0.15, 0.2) is 22.4 Å². The molecule has 8 heteroatoms. The second-order valence-corrected chi connectivity index (χ2v) is 7.82. The molecular weight excluding hydrogens is 308 g/mol. The van der Waals surface area contributed by atoms with Crippen LogP contribution >= 0.6 is 11.3 Å². The lowest BCUT2D eigenvalue weighted by atomic mass is 10.3. The van der Waals surface area contributed by atoms with Gasteiger partial charge >= 0.3 is 0 Å². The summed E-state index contributed by atoms with van der Waals surface area (Å²) in [5.41, 5.74) is 1.10. The van der Waals surface area contributed by atoms with Gasteiger partial charge in [0.15, 0.2) is 0 Å². The molecule has 2 heterocycles. The number of likely N-dealkylation sites (N-methyl/N-ethyl adjacent to an activating group) is 1. The Balaban J connectivity index is 2.18. The van der Waals surface area contributed by atoms with Gasteiger partial charge in [-0.1, -0.05) is 6.07 Å². The SMILES string of the molecule is CNCc1n[nH]c(C)c1S(=O)(=O)N(C)CCc1cccs1. The number of thiophene rings is 1. The first kappa shape index (κ1) is 16.2. The fourth-order valence-corrected chi connectivity index (χ4v) is 4.29. The number of nitrogens with one attached hydrogen (secondary N) is 2. The molecule has 0 spiro atoms. The predicted molar refractivity (Wildman–Crippen MR) is 83.9 cm³/mol. The normalized spacial score (nSPS) is 12.2. The van der Waals surface area contributed by atoms with Gasteiger partial charge in [-0.25, -0.2) is 12.7 Å². The zero-order valence-electron chi connectivity index (χ0n) is 12.4. The molecule has 0 saturated carbocycles. The Hall–Kier alpha value is -1.22. The molecule has 21 heavy (non-hydrogen) atoms. The fraction of sp³-hybridized carbons (Fsp3) is 0.462. The molecule has 116 valence electrons. The highest BCUT2D eigenvalue weighted by Crippen LogP contribution is 2.22. The molecule has 0 saturated heterocycles. The number of hydrogen-bond donors (Lipinski definition) is 2.